The van der Waals surface area contributed by atoms with E-state index < -0.39 is 0 Å². The van der Waals surface area contributed by atoms with E-state index in [1.165, 1.54) is 5.30 Å². The molecule has 0 amide bonds. The maximum Gasteiger partial charge on any atom is 0.0600 e. The Kier molecular flexibility index (Phi) is 4.93. The molecule has 1 rings (SSSR count). The van der Waals surface area contributed by atoms with Gasteiger partial charge in [-0.2, -0.15) is 0 Å². The highest BCUT2D eigenvalue weighted by molar-refractivity contribution is 9.10. The minimum atomic E-state index is -0.387. The lowest BCUT2D eigenvalue weighted by Crippen LogP contribution is -2.04. The summed E-state index contributed by atoms with van der Waals surface area (Å²) in [5.41, 5.74) is 0. The molecule has 1 nitrogen and oxygen atoms in total. The summed E-state index contributed by atoms with van der Waals surface area (Å²) >= 11 is 3.42. The molecule has 0 bridgehead atoms. The Bertz CT molecular complexity index is 248. The Labute approximate surface area is 89.5 Å². The van der Waals surface area contributed by atoms with Crippen LogP contribution in [0.2, 0.25) is 0 Å². The van der Waals surface area contributed by atoms with Gasteiger partial charge in [-0.05, 0) is 25.2 Å². The van der Waals surface area contributed by atoms with Crippen LogP contribution in [0.1, 0.15) is 13.8 Å². The highest BCUT2D eigenvalue weighted by Gasteiger charge is 2.07. The van der Waals surface area contributed by atoms with Gasteiger partial charge in [0.05, 0.1) is 8.15 Å². The fraction of sp³-hybridized carbons (Fsp3) is 0.400. The number of benzene rings is 1. The van der Waals surface area contributed by atoms with E-state index in [-0.39, 0.29) is 8.15 Å². The minimum Gasteiger partial charge on any atom is -0.355 e. The van der Waals surface area contributed by atoms with E-state index in [0.717, 1.165) is 17.2 Å². The van der Waals surface area contributed by atoms with Gasteiger partial charge in [0.2, 0.25) is 0 Å². The van der Waals surface area contributed by atoms with Crippen molar-refractivity contribution in [3.63, 3.8) is 0 Å². The second-order valence-electron chi connectivity index (χ2n) is 2.59. The fourth-order valence-corrected chi connectivity index (χ4v) is 2.87. The predicted molar refractivity (Wildman–Crippen MR) is 62.9 cm³/mol. The molecule has 0 spiro atoms. The summed E-state index contributed by atoms with van der Waals surface area (Å²) in [7, 11) is -0.387. The van der Waals surface area contributed by atoms with Crippen LogP contribution in [0.4, 0.5) is 0 Å². The topological polar surface area (TPSA) is 9.23 Å². The van der Waals surface area contributed by atoms with Crippen molar-refractivity contribution in [2.75, 3.05) is 12.8 Å². The van der Waals surface area contributed by atoms with Crippen molar-refractivity contribution in [3.05, 3.63) is 28.7 Å². The standard InChI is InChI=1S/C10H14BrOP/c1-3-12-13(4-2)10-7-5-9(11)6-8-10/h5-8H,3-4H2,1-2H3. The summed E-state index contributed by atoms with van der Waals surface area (Å²) in [6.45, 7) is 5.02. The van der Waals surface area contributed by atoms with Crippen LogP contribution in [0.15, 0.2) is 28.7 Å². The smallest absolute Gasteiger partial charge is 0.0600 e. The molecule has 0 heterocycles. The molecule has 1 unspecified atom stereocenters. The van der Waals surface area contributed by atoms with Crippen molar-refractivity contribution in [1.29, 1.82) is 0 Å². The quantitative estimate of drug-likeness (QED) is 0.753. The summed E-state index contributed by atoms with van der Waals surface area (Å²) in [6.07, 6.45) is 1.09. The van der Waals surface area contributed by atoms with Gasteiger partial charge >= 0.3 is 0 Å². The normalized spacial score (nSPS) is 12.8. The molecule has 0 aromatic heterocycles. The number of halogens is 1. The van der Waals surface area contributed by atoms with Crippen LogP contribution in [-0.2, 0) is 4.52 Å². The van der Waals surface area contributed by atoms with Crippen LogP contribution in [-0.4, -0.2) is 12.8 Å². The number of hydrogen-bond acceptors (Lipinski definition) is 1. The zero-order valence-electron chi connectivity index (χ0n) is 7.96. The molecule has 72 valence electrons. The Hall–Kier alpha value is 0.0900. The maximum absolute atomic E-state index is 5.67. The highest BCUT2D eigenvalue weighted by Crippen LogP contribution is 2.34. The van der Waals surface area contributed by atoms with Crippen molar-refractivity contribution < 1.29 is 4.52 Å². The Morgan fingerprint density at radius 2 is 1.85 bits per heavy atom. The molecule has 0 radical (unpaired) electrons. The Morgan fingerprint density at radius 1 is 1.23 bits per heavy atom. The second kappa shape index (κ2) is 5.74. The van der Waals surface area contributed by atoms with E-state index >= 15 is 0 Å². The molecule has 1 aromatic rings. The lowest BCUT2D eigenvalue weighted by Gasteiger charge is -2.14. The largest absolute Gasteiger partial charge is 0.355 e. The van der Waals surface area contributed by atoms with E-state index in [9.17, 15) is 0 Å². The lowest BCUT2D eigenvalue weighted by atomic mass is 10.4. The summed E-state index contributed by atoms with van der Waals surface area (Å²) in [6, 6.07) is 8.41. The van der Waals surface area contributed by atoms with Crippen LogP contribution in [0, 0.1) is 0 Å². The first kappa shape index (κ1) is 11.2. The van der Waals surface area contributed by atoms with Gasteiger partial charge in [0.1, 0.15) is 0 Å². The minimum absolute atomic E-state index is 0.387. The predicted octanol–water partition coefficient (Wildman–Crippen LogP) is 3.53. The molecule has 1 aromatic carbocycles. The van der Waals surface area contributed by atoms with E-state index in [2.05, 4.69) is 47.1 Å². The summed E-state index contributed by atoms with van der Waals surface area (Å²) in [4.78, 5) is 0. The molecule has 0 N–H and O–H groups in total. The number of hydrogen-bond donors (Lipinski definition) is 0. The van der Waals surface area contributed by atoms with E-state index in [4.69, 9.17) is 4.52 Å². The molecule has 0 aliphatic carbocycles. The molecule has 0 saturated carbocycles. The number of rotatable bonds is 4. The van der Waals surface area contributed by atoms with Crippen LogP contribution >= 0.6 is 24.1 Å². The van der Waals surface area contributed by atoms with E-state index in [1.54, 1.807) is 0 Å². The molecular weight excluding hydrogens is 247 g/mol. The molecule has 0 aliphatic heterocycles. The van der Waals surface area contributed by atoms with Gasteiger partial charge in [-0.3, -0.25) is 0 Å². The fourth-order valence-electron chi connectivity index (χ4n) is 1.11. The van der Waals surface area contributed by atoms with Gasteiger partial charge in [-0.1, -0.05) is 35.0 Å². The van der Waals surface area contributed by atoms with E-state index in [0.29, 0.717) is 0 Å². The van der Waals surface area contributed by atoms with Crippen LogP contribution in [0.5, 0.6) is 0 Å². The Morgan fingerprint density at radius 3 is 2.31 bits per heavy atom. The third-order valence-corrected chi connectivity index (χ3v) is 4.23. The third kappa shape index (κ3) is 3.38. The molecule has 13 heavy (non-hydrogen) atoms. The zero-order chi connectivity index (χ0) is 9.68. The van der Waals surface area contributed by atoms with Crippen molar-refractivity contribution in [2.24, 2.45) is 0 Å². The first-order valence-corrected chi connectivity index (χ1v) is 6.67. The van der Waals surface area contributed by atoms with E-state index in [1.807, 2.05) is 6.92 Å². The Balaban J connectivity index is 2.73. The van der Waals surface area contributed by atoms with Crippen LogP contribution in [0.25, 0.3) is 0 Å². The molecular formula is C10H14BrOP. The maximum atomic E-state index is 5.67. The zero-order valence-corrected chi connectivity index (χ0v) is 10.4. The van der Waals surface area contributed by atoms with Gasteiger partial charge < -0.3 is 4.52 Å². The van der Waals surface area contributed by atoms with Crippen molar-refractivity contribution in [2.45, 2.75) is 13.8 Å². The van der Waals surface area contributed by atoms with Crippen molar-refractivity contribution in [3.8, 4) is 0 Å². The first-order chi connectivity index (χ1) is 6.27. The van der Waals surface area contributed by atoms with Gasteiger partial charge in [0, 0.05) is 16.4 Å². The summed E-state index contributed by atoms with van der Waals surface area (Å²) < 4.78 is 6.79. The second-order valence-corrected chi connectivity index (χ2v) is 5.67. The summed E-state index contributed by atoms with van der Waals surface area (Å²) in [5.74, 6) is 0. The highest BCUT2D eigenvalue weighted by atomic mass is 79.9. The first-order valence-electron chi connectivity index (χ1n) is 4.44. The van der Waals surface area contributed by atoms with Gasteiger partial charge in [-0.15, -0.1) is 0 Å². The molecule has 0 fully saturated rings. The molecule has 0 aliphatic rings. The van der Waals surface area contributed by atoms with Crippen LogP contribution in [0.3, 0.4) is 0 Å². The summed E-state index contributed by atoms with van der Waals surface area (Å²) in [5, 5.41) is 1.32. The monoisotopic (exact) mass is 260 g/mol. The third-order valence-electron chi connectivity index (χ3n) is 1.69. The lowest BCUT2D eigenvalue weighted by molar-refractivity contribution is 0.383. The molecule has 3 heteroatoms. The van der Waals surface area contributed by atoms with Crippen molar-refractivity contribution >= 4 is 29.4 Å². The molecule has 1 atom stereocenters. The average Bonchev–Trinajstić information content (AvgIpc) is 2.16. The van der Waals surface area contributed by atoms with Gasteiger partial charge in [0.15, 0.2) is 0 Å². The molecule has 0 saturated heterocycles. The van der Waals surface area contributed by atoms with Crippen LogP contribution < -0.4 is 5.30 Å². The van der Waals surface area contributed by atoms with Gasteiger partial charge in [0.25, 0.3) is 0 Å². The average molecular weight is 261 g/mol. The van der Waals surface area contributed by atoms with Crippen molar-refractivity contribution in [1.82, 2.24) is 0 Å². The SMILES string of the molecule is CCOP(CC)c1ccc(Br)cc1. The van der Waals surface area contributed by atoms with Gasteiger partial charge in [-0.25, -0.2) is 0 Å².